The number of carbonyl (C=O) groups excluding carboxylic acids is 1. The van der Waals surface area contributed by atoms with E-state index in [4.69, 9.17) is 0 Å². The molecule has 0 aromatic heterocycles. The second-order valence-electron chi connectivity index (χ2n) is 5.18. The Morgan fingerprint density at radius 2 is 1.81 bits per heavy atom. The van der Waals surface area contributed by atoms with Crippen LogP contribution in [0.1, 0.15) is 32.8 Å². The van der Waals surface area contributed by atoms with Gasteiger partial charge in [-0.1, -0.05) is 43.3 Å². The maximum Gasteiger partial charge on any atom is 0.143 e. The van der Waals surface area contributed by atoms with Crippen LogP contribution in [0.4, 0.5) is 0 Å². The lowest BCUT2D eigenvalue weighted by atomic mass is 9.69. The van der Waals surface area contributed by atoms with E-state index in [1.54, 1.807) is 0 Å². The van der Waals surface area contributed by atoms with E-state index in [2.05, 4.69) is 25.1 Å². The summed E-state index contributed by atoms with van der Waals surface area (Å²) in [4.78, 5) is 12.1. The molecule has 0 amide bonds. The first-order valence-electron chi connectivity index (χ1n) is 5.83. The minimum absolute atomic E-state index is 0.339. The fourth-order valence-electron chi connectivity index (χ4n) is 2.32. The summed E-state index contributed by atoms with van der Waals surface area (Å²) in [5.41, 5.74) is 2.01. The highest BCUT2D eigenvalue weighted by atomic mass is 16.1. The summed E-state index contributed by atoms with van der Waals surface area (Å²) < 4.78 is 0. The van der Waals surface area contributed by atoms with Gasteiger partial charge in [-0.2, -0.15) is 0 Å². The highest BCUT2D eigenvalue weighted by Gasteiger charge is 2.36. The smallest absolute Gasteiger partial charge is 0.143 e. The molecular formula is C15H18O. The zero-order valence-corrected chi connectivity index (χ0v) is 10.2. The predicted molar refractivity (Wildman–Crippen MR) is 67.0 cm³/mol. The van der Waals surface area contributed by atoms with Crippen molar-refractivity contribution in [3.8, 4) is 0 Å². The van der Waals surface area contributed by atoms with Gasteiger partial charge >= 0.3 is 0 Å². The second-order valence-corrected chi connectivity index (χ2v) is 5.18. The Bertz CT molecular complexity index is 426. The van der Waals surface area contributed by atoms with E-state index < -0.39 is 0 Å². The molecule has 1 aromatic rings. The number of hydrogen-bond donors (Lipinski definition) is 0. The van der Waals surface area contributed by atoms with Crippen LogP contribution in [-0.2, 0) is 4.79 Å². The van der Waals surface area contributed by atoms with Crippen molar-refractivity contribution in [2.24, 2.45) is 11.3 Å². The van der Waals surface area contributed by atoms with Gasteiger partial charge in [0.1, 0.15) is 5.78 Å². The van der Waals surface area contributed by atoms with Crippen LogP contribution in [-0.4, -0.2) is 5.78 Å². The third-order valence-corrected chi connectivity index (χ3v) is 3.41. The fraction of sp³-hybridized carbons (Fsp3) is 0.400. The monoisotopic (exact) mass is 214 g/mol. The summed E-state index contributed by atoms with van der Waals surface area (Å²) in [6.07, 6.45) is 2.92. The molecule has 1 heteroatoms. The molecule has 0 radical (unpaired) electrons. The van der Waals surface area contributed by atoms with Gasteiger partial charge in [0.25, 0.3) is 0 Å². The van der Waals surface area contributed by atoms with Crippen molar-refractivity contribution < 1.29 is 4.79 Å². The normalized spacial score (nSPS) is 24.1. The quantitative estimate of drug-likeness (QED) is 0.696. The number of rotatable bonds is 1. The van der Waals surface area contributed by atoms with Gasteiger partial charge in [-0.25, -0.2) is 0 Å². The minimum Gasteiger partial charge on any atom is -0.299 e. The Morgan fingerprint density at radius 3 is 2.44 bits per heavy atom. The Balaban J connectivity index is 2.50. The average molecular weight is 214 g/mol. The number of benzene rings is 1. The molecule has 0 bridgehead atoms. The molecule has 0 N–H and O–H groups in total. The third-order valence-electron chi connectivity index (χ3n) is 3.41. The maximum atomic E-state index is 12.1. The van der Waals surface area contributed by atoms with Crippen LogP contribution in [0.3, 0.4) is 0 Å². The second kappa shape index (κ2) is 3.89. The molecule has 0 spiro atoms. The van der Waals surface area contributed by atoms with Gasteiger partial charge in [0, 0.05) is 11.8 Å². The van der Waals surface area contributed by atoms with Crippen molar-refractivity contribution in [1.29, 1.82) is 0 Å². The van der Waals surface area contributed by atoms with Crippen molar-refractivity contribution in [2.75, 3.05) is 0 Å². The van der Waals surface area contributed by atoms with E-state index in [0.717, 1.165) is 0 Å². The number of allylic oxidation sites excluding steroid dienone is 2. The topological polar surface area (TPSA) is 17.1 Å². The Hall–Kier alpha value is -1.37. The largest absolute Gasteiger partial charge is 0.299 e. The summed E-state index contributed by atoms with van der Waals surface area (Å²) in [5, 5.41) is 0. The number of Topliss-reactive ketones (excluding diaryl/α,β-unsaturated/α-hetero) is 1. The molecule has 1 aliphatic carbocycles. The molecule has 1 atom stereocenters. The third kappa shape index (κ3) is 1.82. The summed E-state index contributed by atoms with van der Waals surface area (Å²) in [6, 6.07) is 10.2. The van der Waals surface area contributed by atoms with Crippen LogP contribution in [0, 0.1) is 11.3 Å². The van der Waals surface area contributed by atoms with Gasteiger partial charge in [-0.15, -0.1) is 0 Å². The number of carbonyl (C=O) groups is 1. The molecule has 1 aliphatic rings. The van der Waals surface area contributed by atoms with Crippen molar-refractivity contribution in [1.82, 2.24) is 0 Å². The zero-order chi connectivity index (χ0) is 11.8. The van der Waals surface area contributed by atoms with Gasteiger partial charge < -0.3 is 0 Å². The molecule has 84 valence electrons. The molecule has 2 rings (SSSR count). The first-order chi connectivity index (χ1) is 7.51. The Labute approximate surface area is 97.2 Å². The molecule has 0 fully saturated rings. The molecule has 0 heterocycles. The minimum atomic E-state index is -0.339. The lowest BCUT2D eigenvalue weighted by Crippen LogP contribution is -2.31. The molecule has 0 saturated heterocycles. The van der Waals surface area contributed by atoms with Crippen molar-refractivity contribution in [2.45, 2.75) is 27.2 Å². The van der Waals surface area contributed by atoms with E-state index in [0.29, 0.717) is 18.1 Å². The SMILES string of the molecule is CC1C=C(c2ccccc2)C(C)(C)C(=O)C1. The van der Waals surface area contributed by atoms with Gasteiger partial charge in [-0.3, -0.25) is 4.79 Å². The van der Waals surface area contributed by atoms with Crippen molar-refractivity contribution >= 4 is 11.4 Å². The summed E-state index contributed by atoms with van der Waals surface area (Å²) in [5.74, 6) is 0.706. The number of hydrogen-bond acceptors (Lipinski definition) is 1. The zero-order valence-electron chi connectivity index (χ0n) is 10.2. The molecule has 0 aliphatic heterocycles. The van der Waals surface area contributed by atoms with E-state index >= 15 is 0 Å². The first kappa shape index (κ1) is 11.1. The summed E-state index contributed by atoms with van der Waals surface area (Å²) >= 11 is 0. The molecule has 1 aromatic carbocycles. The van der Waals surface area contributed by atoms with Crippen LogP contribution in [0.25, 0.3) is 5.57 Å². The van der Waals surface area contributed by atoms with E-state index in [9.17, 15) is 4.79 Å². The molecule has 1 nitrogen and oxygen atoms in total. The lowest BCUT2D eigenvalue weighted by molar-refractivity contribution is -0.125. The number of ketones is 1. The van der Waals surface area contributed by atoms with Gasteiger partial charge in [-0.05, 0) is 30.9 Å². The fourth-order valence-corrected chi connectivity index (χ4v) is 2.32. The van der Waals surface area contributed by atoms with E-state index in [1.807, 2.05) is 32.0 Å². The van der Waals surface area contributed by atoms with Crippen LogP contribution in [0.15, 0.2) is 36.4 Å². The summed E-state index contributed by atoms with van der Waals surface area (Å²) in [7, 11) is 0. The van der Waals surface area contributed by atoms with Gasteiger partial charge in [0.05, 0.1) is 0 Å². The lowest BCUT2D eigenvalue weighted by Gasteiger charge is -2.33. The average Bonchev–Trinajstić information content (AvgIpc) is 2.25. The molecule has 16 heavy (non-hydrogen) atoms. The predicted octanol–water partition coefficient (Wildman–Crippen LogP) is 3.71. The van der Waals surface area contributed by atoms with Gasteiger partial charge in [0.2, 0.25) is 0 Å². The first-order valence-corrected chi connectivity index (χ1v) is 5.83. The Kier molecular flexibility index (Phi) is 2.71. The standard InChI is InChI=1S/C15H18O/c1-11-9-13(12-7-5-4-6-8-12)15(2,3)14(16)10-11/h4-9,11H,10H2,1-3H3. The van der Waals surface area contributed by atoms with Gasteiger partial charge in [0.15, 0.2) is 0 Å². The van der Waals surface area contributed by atoms with E-state index in [1.165, 1.54) is 11.1 Å². The summed E-state index contributed by atoms with van der Waals surface area (Å²) in [6.45, 7) is 6.16. The molecular weight excluding hydrogens is 196 g/mol. The van der Waals surface area contributed by atoms with Crippen LogP contribution in [0.2, 0.25) is 0 Å². The van der Waals surface area contributed by atoms with Crippen molar-refractivity contribution in [3.05, 3.63) is 42.0 Å². The Morgan fingerprint density at radius 1 is 1.19 bits per heavy atom. The maximum absolute atomic E-state index is 12.1. The highest BCUT2D eigenvalue weighted by molar-refractivity contribution is 5.99. The van der Waals surface area contributed by atoms with Crippen molar-refractivity contribution in [3.63, 3.8) is 0 Å². The highest BCUT2D eigenvalue weighted by Crippen LogP contribution is 2.41. The van der Waals surface area contributed by atoms with Crippen LogP contribution >= 0.6 is 0 Å². The van der Waals surface area contributed by atoms with E-state index in [-0.39, 0.29) is 5.41 Å². The van der Waals surface area contributed by atoms with Crippen LogP contribution in [0.5, 0.6) is 0 Å². The van der Waals surface area contributed by atoms with Crippen LogP contribution < -0.4 is 0 Å². The molecule has 0 saturated carbocycles. The molecule has 1 unspecified atom stereocenters.